The Hall–Kier alpha value is -1.91. The summed E-state index contributed by atoms with van der Waals surface area (Å²) in [7, 11) is 1.77. The van der Waals surface area contributed by atoms with Crippen LogP contribution in [-0.2, 0) is 4.79 Å². The van der Waals surface area contributed by atoms with Gasteiger partial charge in [-0.15, -0.1) is 0 Å². The number of pyridine rings is 1. The monoisotopic (exact) mass is 274 g/mol. The maximum absolute atomic E-state index is 11.4. The molecule has 0 unspecified atom stereocenters. The SMILES string of the molecule is CNc1nc(N2CCCCCC2)ccc1C(=N)C(C)=O. The van der Waals surface area contributed by atoms with Gasteiger partial charge in [-0.1, -0.05) is 12.8 Å². The molecule has 2 rings (SSSR count). The molecule has 1 aliphatic rings. The number of rotatable bonds is 4. The highest BCUT2D eigenvalue weighted by atomic mass is 16.1. The van der Waals surface area contributed by atoms with E-state index in [1.165, 1.54) is 32.6 Å². The summed E-state index contributed by atoms with van der Waals surface area (Å²) < 4.78 is 0. The lowest BCUT2D eigenvalue weighted by atomic mass is 10.1. The van der Waals surface area contributed by atoms with Crippen LogP contribution in [0.4, 0.5) is 11.6 Å². The maximum atomic E-state index is 11.4. The zero-order valence-corrected chi connectivity index (χ0v) is 12.2. The van der Waals surface area contributed by atoms with Crippen LogP contribution in [-0.4, -0.2) is 36.6 Å². The molecule has 0 saturated carbocycles. The normalized spacial score (nSPS) is 15.6. The van der Waals surface area contributed by atoms with E-state index in [4.69, 9.17) is 5.41 Å². The topological polar surface area (TPSA) is 69.1 Å². The van der Waals surface area contributed by atoms with Gasteiger partial charge in [0.25, 0.3) is 0 Å². The zero-order chi connectivity index (χ0) is 14.5. The second-order valence-corrected chi connectivity index (χ2v) is 5.15. The van der Waals surface area contributed by atoms with Gasteiger partial charge in [0.05, 0.1) is 0 Å². The third-order valence-electron chi connectivity index (χ3n) is 3.67. The Morgan fingerprint density at radius 3 is 2.45 bits per heavy atom. The zero-order valence-electron chi connectivity index (χ0n) is 12.2. The van der Waals surface area contributed by atoms with Crippen molar-refractivity contribution in [3.05, 3.63) is 17.7 Å². The van der Waals surface area contributed by atoms with Gasteiger partial charge < -0.3 is 10.2 Å². The van der Waals surface area contributed by atoms with Crippen molar-refractivity contribution in [1.29, 1.82) is 5.41 Å². The van der Waals surface area contributed by atoms with Gasteiger partial charge in [0.15, 0.2) is 5.78 Å². The Morgan fingerprint density at radius 1 is 1.25 bits per heavy atom. The minimum absolute atomic E-state index is 0.00395. The lowest BCUT2D eigenvalue weighted by Crippen LogP contribution is -2.25. The summed E-state index contributed by atoms with van der Waals surface area (Å²) in [5, 5.41) is 10.8. The number of aromatic nitrogens is 1. The maximum Gasteiger partial charge on any atom is 0.178 e. The predicted molar refractivity (Wildman–Crippen MR) is 82.0 cm³/mol. The van der Waals surface area contributed by atoms with Crippen LogP contribution >= 0.6 is 0 Å². The first-order valence-corrected chi connectivity index (χ1v) is 7.17. The lowest BCUT2D eigenvalue weighted by molar-refractivity contribution is -0.111. The third-order valence-corrected chi connectivity index (χ3v) is 3.67. The number of nitrogens with zero attached hydrogens (tertiary/aromatic N) is 2. The minimum atomic E-state index is -0.245. The largest absolute Gasteiger partial charge is 0.373 e. The van der Waals surface area contributed by atoms with Crippen molar-refractivity contribution in [2.24, 2.45) is 0 Å². The van der Waals surface area contributed by atoms with Crippen LogP contribution in [0.15, 0.2) is 12.1 Å². The standard InChI is InChI=1S/C15H22N4O/c1-11(20)14(16)12-7-8-13(18-15(12)17-2)19-9-5-3-4-6-10-19/h7-8,16H,3-6,9-10H2,1-2H3,(H,17,18). The van der Waals surface area contributed by atoms with Crippen molar-refractivity contribution in [2.75, 3.05) is 30.4 Å². The van der Waals surface area contributed by atoms with Crippen molar-refractivity contribution in [3.8, 4) is 0 Å². The molecule has 0 spiro atoms. The molecule has 1 fully saturated rings. The quantitative estimate of drug-likeness (QED) is 0.828. The van der Waals surface area contributed by atoms with Crippen LogP contribution in [0.5, 0.6) is 0 Å². The first kappa shape index (κ1) is 14.5. The van der Waals surface area contributed by atoms with E-state index in [2.05, 4.69) is 15.2 Å². The minimum Gasteiger partial charge on any atom is -0.373 e. The molecular formula is C15H22N4O. The van der Waals surface area contributed by atoms with Gasteiger partial charge in [0.1, 0.15) is 17.3 Å². The van der Waals surface area contributed by atoms with Gasteiger partial charge in [-0.05, 0) is 25.0 Å². The number of carbonyl (C=O) groups excluding carboxylic acids is 1. The molecule has 2 N–H and O–H groups in total. The Morgan fingerprint density at radius 2 is 1.90 bits per heavy atom. The van der Waals surface area contributed by atoms with E-state index < -0.39 is 0 Å². The molecule has 2 heterocycles. The molecule has 108 valence electrons. The molecule has 1 aromatic heterocycles. The highest BCUT2D eigenvalue weighted by Gasteiger charge is 2.16. The fourth-order valence-corrected chi connectivity index (χ4v) is 2.51. The molecule has 0 aromatic carbocycles. The first-order valence-electron chi connectivity index (χ1n) is 7.17. The van der Waals surface area contributed by atoms with Crippen LogP contribution in [0.3, 0.4) is 0 Å². The second kappa shape index (κ2) is 6.50. The van der Waals surface area contributed by atoms with Gasteiger partial charge in [0.2, 0.25) is 0 Å². The first-order chi connectivity index (χ1) is 9.63. The van der Waals surface area contributed by atoms with Crippen LogP contribution < -0.4 is 10.2 Å². The van der Waals surface area contributed by atoms with E-state index in [0.29, 0.717) is 11.4 Å². The van der Waals surface area contributed by atoms with Gasteiger partial charge in [-0.3, -0.25) is 10.2 Å². The summed E-state index contributed by atoms with van der Waals surface area (Å²) >= 11 is 0. The molecule has 1 aliphatic heterocycles. The molecule has 20 heavy (non-hydrogen) atoms. The molecule has 0 amide bonds. The molecule has 1 aromatic rings. The van der Waals surface area contributed by atoms with Crippen LogP contribution in [0.1, 0.15) is 38.2 Å². The Labute approximate surface area is 119 Å². The summed E-state index contributed by atoms with van der Waals surface area (Å²) in [4.78, 5) is 18.2. The van der Waals surface area contributed by atoms with Crippen molar-refractivity contribution >= 4 is 23.1 Å². The van der Waals surface area contributed by atoms with Crippen molar-refractivity contribution in [3.63, 3.8) is 0 Å². The summed E-state index contributed by atoms with van der Waals surface area (Å²) in [5.74, 6) is 1.29. The molecule has 1 saturated heterocycles. The fraction of sp³-hybridized carbons (Fsp3) is 0.533. The van der Waals surface area contributed by atoms with Crippen LogP contribution in [0, 0.1) is 5.41 Å². The van der Waals surface area contributed by atoms with Crippen molar-refractivity contribution < 1.29 is 4.79 Å². The number of anilines is 2. The van der Waals surface area contributed by atoms with Crippen LogP contribution in [0.25, 0.3) is 0 Å². The van der Waals surface area contributed by atoms with Crippen molar-refractivity contribution in [1.82, 2.24) is 4.98 Å². The third kappa shape index (κ3) is 3.15. The number of hydrogen-bond acceptors (Lipinski definition) is 5. The Bertz CT molecular complexity index is 505. The molecule has 0 bridgehead atoms. The Kier molecular flexibility index (Phi) is 4.71. The smallest absolute Gasteiger partial charge is 0.178 e. The molecule has 0 aliphatic carbocycles. The summed E-state index contributed by atoms with van der Waals surface area (Å²) in [5.41, 5.74) is 0.572. The molecule has 0 radical (unpaired) electrons. The molecule has 0 atom stereocenters. The highest BCUT2D eigenvalue weighted by molar-refractivity contribution is 6.45. The summed E-state index contributed by atoms with van der Waals surface area (Å²) in [6.07, 6.45) is 4.95. The fourth-order valence-electron chi connectivity index (χ4n) is 2.51. The number of nitrogens with one attached hydrogen (secondary N) is 2. The van der Waals surface area contributed by atoms with E-state index >= 15 is 0 Å². The Balaban J connectivity index is 2.28. The second-order valence-electron chi connectivity index (χ2n) is 5.15. The average Bonchev–Trinajstić information content (AvgIpc) is 2.74. The number of hydrogen-bond donors (Lipinski definition) is 2. The van der Waals surface area contributed by atoms with Crippen LogP contribution in [0.2, 0.25) is 0 Å². The van der Waals surface area contributed by atoms with Gasteiger partial charge >= 0.3 is 0 Å². The molecule has 5 nitrogen and oxygen atoms in total. The molecule has 5 heteroatoms. The van der Waals surface area contributed by atoms with Crippen molar-refractivity contribution in [2.45, 2.75) is 32.6 Å². The summed E-state index contributed by atoms with van der Waals surface area (Å²) in [6, 6.07) is 3.74. The van der Waals surface area contributed by atoms with E-state index in [1.807, 2.05) is 12.1 Å². The lowest BCUT2D eigenvalue weighted by Gasteiger charge is -2.22. The van der Waals surface area contributed by atoms with Gasteiger partial charge in [0, 0.05) is 32.6 Å². The van der Waals surface area contributed by atoms with E-state index in [0.717, 1.165) is 18.9 Å². The average molecular weight is 274 g/mol. The number of Topliss-reactive ketones (excluding diaryl/α,β-unsaturated/α-hetero) is 1. The number of ketones is 1. The number of carbonyl (C=O) groups is 1. The summed E-state index contributed by atoms with van der Waals surface area (Å²) in [6.45, 7) is 3.46. The predicted octanol–water partition coefficient (Wildman–Crippen LogP) is 2.46. The highest BCUT2D eigenvalue weighted by Crippen LogP contribution is 2.22. The van der Waals surface area contributed by atoms with E-state index in [-0.39, 0.29) is 11.5 Å². The van der Waals surface area contributed by atoms with Gasteiger partial charge in [-0.25, -0.2) is 4.98 Å². The molecular weight excluding hydrogens is 252 g/mol. The van der Waals surface area contributed by atoms with Gasteiger partial charge in [-0.2, -0.15) is 0 Å². The van der Waals surface area contributed by atoms with E-state index in [1.54, 1.807) is 7.05 Å². The van der Waals surface area contributed by atoms with E-state index in [9.17, 15) is 4.79 Å².